The van der Waals surface area contributed by atoms with Gasteiger partial charge in [0.05, 0.1) is 0 Å². The molecule has 2 nitrogen and oxygen atoms in total. The molecule has 0 spiro atoms. The van der Waals surface area contributed by atoms with Gasteiger partial charge in [-0.3, -0.25) is 4.79 Å². The van der Waals surface area contributed by atoms with Crippen molar-refractivity contribution < 1.29 is 4.79 Å². The zero-order valence-electron chi connectivity index (χ0n) is 23.6. The maximum Gasteiger partial charge on any atom is 0.193 e. The number of carbonyl (C=O) groups is 1. The summed E-state index contributed by atoms with van der Waals surface area (Å²) < 4.78 is 0. The van der Waals surface area contributed by atoms with Gasteiger partial charge in [0, 0.05) is 34.5 Å². The van der Waals surface area contributed by atoms with Crippen LogP contribution in [0.5, 0.6) is 0 Å². The monoisotopic (exact) mass is 539 g/mol. The molecule has 4 aromatic carbocycles. The van der Waals surface area contributed by atoms with E-state index in [2.05, 4.69) is 97.8 Å². The van der Waals surface area contributed by atoms with Crippen molar-refractivity contribution in [2.24, 2.45) is 0 Å². The molecular formula is C40H29NO. The standard InChI is InChI=1S/C40H29NO/c1-40(2)37-31(22-28-12-6-7-17-32(28)37)23-34-36(33-18-19-41-24-35(33)38(34)40)29-15-8-13-26(20-29)27-14-9-16-30(21-27)39(42)25-10-4-3-5-11-25/h3-24,41H,1-2H3. The number of rotatable bonds is 4. The van der Waals surface area contributed by atoms with Crippen LogP contribution in [-0.4, -0.2) is 10.8 Å². The molecule has 0 amide bonds. The van der Waals surface area contributed by atoms with Crippen LogP contribution >= 0.6 is 0 Å². The van der Waals surface area contributed by atoms with Gasteiger partial charge in [-0.05, 0) is 90.9 Å². The van der Waals surface area contributed by atoms with Crippen LogP contribution in [0.25, 0.3) is 51.1 Å². The Morgan fingerprint density at radius 3 is 2.24 bits per heavy atom. The lowest BCUT2D eigenvalue weighted by Gasteiger charge is -2.33. The van der Waals surface area contributed by atoms with Crippen LogP contribution < -0.4 is 10.4 Å². The fraction of sp³-hybridized carbons (Fsp3) is 0.0750. The third-order valence-corrected chi connectivity index (χ3v) is 8.97. The van der Waals surface area contributed by atoms with Gasteiger partial charge in [0.15, 0.2) is 5.78 Å². The first-order valence-electron chi connectivity index (χ1n) is 14.5. The lowest BCUT2D eigenvalue weighted by atomic mass is 9.69. The van der Waals surface area contributed by atoms with E-state index in [9.17, 15) is 4.79 Å². The summed E-state index contributed by atoms with van der Waals surface area (Å²) in [5.74, 6) is 0.0377. The third-order valence-electron chi connectivity index (χ3n) is 8.97. The number of hydrogen-bond donors (Lipinski definition) is 1. The fourth-order valence-corrected chi connectivity index (χ4v) is 7.19. The second-order valence-corrected chi connectivity index (χ2v) is 11.8. The van der Waals surface area contributed by atoms with Crippen molar-refractivity contribution in [1.82, 2.24) is 4.98 Å². The summed E-state index contributed by atoms with van der Waals surface area (Å²) in [5.41, 5.74) is 13.7. The van der Waals surface area contributed by atoms with E-state index in [1.165, 1.54) is 55.0 Å². The highest BCUT2D eigenvalue weighted by Crippen LogP contribution is 2.55. The molecule has 3 aliphatic carbocycles. The van der Waals surface area contributed by atoms with Gasteiger partial charge in [-0.25, -0.2) is 0 Å². The highest BCUT2D eigenvalue weighted by Gasteiger charge is 2.40. The number of benzene rings is 4. The number of aromatic amines is 1. The minimum atomic E-state index is -0.169. The predicted molar refractivity (Wildman–Crippen MR) is 173 cm³/mol. The highest BCUT2D eigenvalue weighted by atomic mass is 16.1. The fourth-order valence-electron chi connectivity index (χ4n) is 7.19. The zero-order valence-corrected chi connectivity index (χ0v) is 23.6. The van der Waals surface area contributed by atoms with Crippen LogP contribution in [0.1, 0.15) is 40.9 Å². The summed E-state index contributed by atoms with van der Waals surface area (Å²) in [6, 6.07) is 37.2. The first kappa shape index (κ1) is 24.6. The molecule has 4 aliphatic rings. The van der Waals surface area contributed by atoms with Gasteiger partial charge in [-0.2, -0.15) is 0 Å². The number of H-pyrrole nitrogens is 1. The van der Waals surface area contributed by atoms with Gasteiger partial charge in [0.25, 0.3) is 0 Å². The Kier molecular flexibility index (Phi) is 5.36. The Hall–Kier alpha value is -5.21. The lowest BCUT2D eigenvalue weighted by Crippen LogP contribution is -2.31. The molecule has 42 heavy (non-hydrogen) atoms. The summed E-state index contributed by atoms with van der Waals surface area (Å²) in [5, 5.41) is 2.63. The summed E-state index contributed by atoms with van der Waals surface area (Å²) in [4.78, 5) is 16.6. The Labute approximate surface area is 245 Å². The van der Waals surface area contributed by atoms with E-state index in [1.807, 2.05) is 54.7 Å². The minimum Gasteiger partial charge on any atom is -0.367 e. The van der Waals surface area contributed by atoms with E-state index in [0.29, 0.717) is 11.1 Å². The number of ketones is 1. The molecule has 0 atom stereocenters. The average Bonchev–Trinajstić information content (AvgIpc) is 3.58. The van der Waals surface area contributed by atoms with Crippen molar-refractivity contribution in [3.8, 4) is 33.4 Å². The number of aromatic nitrogens is 1. The van der Waals surface area contributed by atoms with Gasteiger partial charge in [-0.1, -0.05) is 105 Å². The summed E-state index contributed by atoms with van der Waals surface area (Å²) in [6.45, 7) is 4.73. The van der Waals surface area contributed by atoms with Crippen LogP contribution in [0.3, 0.4) is 0 Å². The SMILES string of the molecule is CC1(C)C2=c3ccccc3=CC2=Cc2c(-c3cccc(-c4cccc(C(=O)c5ccccc5)c4)c3)c3cc[nH]cc-3c21. The number of carbonyl (C=O) groups excluding carboxylic acids is 1. The summed E-state index contributed by atoms with van der Waals surface area (Å²) in [7, 11) is 0. The van der Waals surface area contributed by atoms with E-state index in [0.717, 1.165) is 11.1 Å². The van der Waals surface area contributed by atoms with Crippen molar-refractivity contribution in [3.63, 3.8) is 0 Å². The molecule has 0 aromatic heterocycles. The largest absolute Gasteiger partial charge is 0.367 e. The normalized spacial score (nSPS) is 14.5. The van der Waals surface area contributed by atoms with Crippen LogP contribution in [0.4, 0.5) is 0 Å². The summed E-state index contributed by atoms with van der Waals surface area (Å²) in [6.07, 6.45) is 8.92. The molecule has 0 saturated heterocycles. The molecule has 0 radical (unpaired) electrons. The first-order valence-corrected chi connectivity index (χ1v) is 14.5. The lowest BCUT2D eigenvalue weighted by molar-refractivity contribution is 0.103. The topological polar surface area (TPSA) is 32.9 Å². The Bertz CT molecular complexity index is 2170. The molecule has 4 aromatic rings. The van der Waals surface area contributed by atoms with Crippen LogP contribution in [-0.2, 0) is 5.41 Å². The Balaban J connectivity index is 1.30. The Morgan fingerprint density at radius 1 is 0.667 bits per heavy atom. The van der Waals surface area contributed by atoms with E-state index in [1.54, 1.807) is 0 Å². The highest BCUT2D eigenvalue weighted by molar-refractivity contribution is 6.10. The maximum absolute atomic E-state index is 13.2. The average molecular weight is 540 g/mol. The van der Waals surface area contributed by atoms with Crippen molar-refractivity contribution in [3.05, 3.63) is 160 Å². The molecular weight excluding hydrogens is 510 g/mol. The van der Waals surface area contributed by atoms with Gasteiger partial charge in [0.2, 0.25) is 0 Å². The van der Waals surface area contributed by atoms with Crippen LogP contribution in [0.15, 0.2) is 127 Å². The molecule has 0 fully saturated rings. The second-order valence-electron chi connectivity index (χ2n) is 11.8. The molecule has 2 heteroatoms. The second kappa shape index (κ2) is 9.15. The third kappa shape index (κ3) is 3.62. The minimum absolute atomic E-state index is 0.0377. The molecule has 0 saturated carbocycles. The van der Waals surface area contributed by atoms with Crippen LogP contribution in [0, 0.1) is 0 Å². The number of pyridine rings is 1. The first-order chi connectivity index (χ1) is 20.5. The number of allylic oxidation sites excluding steroid dienone is 1. The molecule has 1 heterocycles. The maximum atomic E-state index is 13.2. The number of fused-ring (bicyclic) bond motifs is 5. The molecule has 1 aliphatic heterocycles. The molecule has 1 N–H and O–H groups in total. The molecule has 0 bridgehead atoms. The van der Waals surface area contributed by atoms with E-state index < -0.39 is 0 Å². The van der Waals surface area contributed by atoms with E-state index in [-0.39, 0.29) is 11.2 Å². The van der Waals surface area contributed by atoms with Crippen molar-refractivity contribution in [1.29, 1.82) is 0 Å². The van der Waals surface area contributed by atoms with Crippen molar-refractivity contribution in [2.45, 2.75) is 19.3 Å². The molecule has 0 unspecified atom stereocenters. The smallest absolute Gasteiger partial charge is 0.193 e. The quantitative estimate of drug-likeness (QED) is 0.226. The van der Waals surface area contributed by atoms with E-state index in [4.69, 9.17) is 0 Å². The van der Waals surface area contributed by atoms with Gasteiger partial charge in [-0.15, -0.1) is 0 Å². The Morgan fingerprint density at radius 2 is 1.38 bits per heavy atom. The van der Waals surface area contributed by atoms with Crippen LogP contribution in [0.2, 0.25) is 0 Å². The van der Waals surface area contributed by atoms with Gasteiger partial charge in [0.1, 0.15) is 0 Å². The zero-order chi connectivity index (χ0) is 28.4. The molecule has 8 rings (SSSR count). The number of hydrogen-bond acceptors (Lipinski definition) is 1. The summed E-state index contributed by atoms with van der Waals surface area (Å²) >= 11 is 0. The molecule has 200 valence electrons. The van der Waals surface area contributed by atoms with Gasteiger partial charge < -0.3 is 4.98 Å². The predicted octanol–water partition coefficient (Wildman–Crippen LogP) is 8.00. The van der Waals surface area contributed by atoms with E-state index >= 15 is 0 Å². The van der Waals surface area contributed by atoms with Crippen molar-refractivity contribution in [2.75, 3.05) is 0 Å². The van der Waals surface area contributed by atoms with Gasteiger partial charge >= 0.3 is 0 Å². The van der Waals surface area contributed by atoms with Crippen molar-refractivity contribution >= 4 is 23.5 Å². The number of nitrogens with one attached hydrogen (secondary N) is 1.